The molecule has 0 amide bonds. The van der Waals surface area contributed by atoms with Crippen LogP contribution >= 0.6 is 15.9 Å². The highest BCUT2D eigenvalue weighted by molar-refractivity contribution is 9.09. The van der Waals surface area contributed by atoms with Crippen LogP contribution in [-0.4, -0.2) is 109 Å². The van der Waals surface area contributed by atoms with Gasteiger partial charge in [-0.05, 0) is 111 Å². The fourth-order valence-electron chi connectivity index (χ4n) is 7.35. The zero-order valence-electron chi connectivity index (χ0n) is 44.2. The van der Waals surface area contributed by atoms with E-state index in [1.165, 1.54) is 126 Å². The molecule has 8 aromatic rings. The SMILES string of the molecule is CCOC(=O)CBr.CCOC(=O)CN(c1cnc(NS(=O)(=O)c2ccc(OC)cc2)c2ccccc12)S(=O)(=O)c1ccc(OC)cc1.COc1ccc(S(=O)(=O)Nc2cnc(NS(=O)(=O)c3ccc(OC)cc3)c3ccccc23)cc1. The first-order valence-corrected chi connectivity index (χ1v) is 31.0. The number of methoxy groups -OCH3 is 4. The van der Waals surface area contributed by atoms with Gasteiger partial charge in [0.05, 0.1) is 85.0 Å². The van der Waals surface area contributed by atoms with Gasteiger partial charge in [-0.25, -0.2) is 43.6 Å². The summed E-state index contributed by atoms with van der Waals surface area (Å²) in [5, 5.41) is 1.85. The number of fused-ring (bicyclic) bond motifs is 2. The summed E-state index contributed by atoms with van der Waals surface area (Å²) in [6, 6.07) is 36.6. The van der Waals surface area contributed by atoms with Crippen LogP contribution in [-0.2, 0) is 59.2 Å². The van der Waals surface area contributed by atoms with Crippen molar-refractivity contribution in [1.82, 2.24) is 9.97 Å². The molecule has 6 aromatic carbocycles. The summed E-state index contributed by atoms with van der Waals surface area (Å²) < 4.78 is 144. The van der Waals surface area contributed by atoms with Crippen LogP contribution < -0.4 is 37.4 Å². The number of nitrogens with zero attached hydrogens (tertiary/aromatic N) is 3. The van der Waals surface area contributed by atoms with Gasteiger partial charge in [-0.15, -0.1) is 0 Å². The zero-order valence-corrected chi connectivity index (χ0v) is 49.1. The molecule has 0 aliphatic rings. The molecule has 3 N–H and O–H groups in total. The van der Waals surface area contributed by atoms with Crippen molar-refractivity contribution in [3.63, 3.8) is 0 Å². The van der Waals surface area contributed by atoms with Gasteiger partial charge in [0, 0.05) is 21.5 Å². The van der Waals surface area contributed by atoms with Crippen LogP contribution in [0.4, 0.5) is 23.0 Å². The van der Waals surface area contributed by atoms with Crippen molar-refractivity contribution in [3.8, 4) is 23.0 Å². The van der Waals surface area contributed by atoms with Crippen LogP contribution in [0.25, 0.3) is 21.5 Å². The van der Waals surface area contributed by atoms with E-state index >= 15 is 0 Å². The molecule has 0 unspecified atom stereocenters. The lowest BCUT2D eigenvalue weighted by Gasteiger charge is -2.25. The fourth-order valence-corrected chi connectivity index (χ4v) is 12.1. The van der Waals surface area contributed by atoms with Crippen LogP contribution in [0.15, 0.2) is 178 Å². The Morgan fingerprint density at radius 1 is 0.457 bits per heavy atom. The molecule has 0 bridgehead atoms. The summed E-state index contributed by atoms with van der Waals surface area (Å²) in [5.41, 5.74) is 0.269. The van der Waals surface area contributed by atoms with Gasteiger partial charge in [-0.1, -0.05) is 64.5 Å². The molecule has 428 valence electrons. The van der Waals surface area contributed by atoms with E-state index < -0.39 is 52.6 Å². The summed E-state index contributed by atoms with van der Waals surface area (Å²) in [6.07, 6.45) is 2.48. The highest BCUT2D eigenvalue weighted by Crippen LogP contribution is 2.36. The minimum absolute atomic E-state index is 0.0192. The maximum absolute atomic E-state index is 13.8. The summed E-state index contributed by atoms with van der Waals surface area (Å²) in [6.45, 7) is 3.27. The highest BCUT2D eigenvalue weighted by Gasteiger charge is 2.31. The lowest BCUT2D eigenvalue weighted by Crippen LogP contribution is -2.37. The van der Waals surface area contributed by atoms with Gasteiger partial charge >= 0.3 is 11.9 Å². The second-order valence-electron chi connectivity index (χ2n) is 16.4. The summed E-state index contributed by atoms with van der Waals surface area (Å²) in [4.78, 5) is 31.1. The Bertz CT molecular complexity index is 3820. The molecule has 22 nitrogen and oxygen atoms in total. The molecule has 27 heteroatoms. The number of carbonyl (C=O) groups excluding carboxylic acids is 2. The predicted octanol–water partition coefficient (Wildman–Crippen LogP) is 8.61. The van der Waals surface area contributed by atoms with E-state index in [1.54, 1.807) is 74.5 Å². The van der Waals surface area contributed by atoms with E-state index in [4.69, 9.17) is 23.7 Å². The predicted molar refractivity (Wildman–Crippen MR) is 309 cm³/mol. The van der Waals surface area contributed by atoms with Crippen molar-refractivity contribution < 1.29 is 71.7 Å². The largest absolute Gasteiger partial charge is 0.497 e. The summed E-state index contributed by atoms with van der Waals surface area (Å²) >= 11 is 2.94. The van der Waals surface area contributed by atoms with E-state index in [9.17, 15) is 43.3 Å². The van der Waals surface area contributed by atoms with Gasteiger partial charge in [0.2, 0.25) is 0 Å². The van der Waals surface area contributed by atoms with E-state index in [-0.39, 0.29) is 55.2 Å². The smallest absolute Gasteiger partial charge is 0.326 e. The lowest BCUT2D eigenvalue weighted by atomic mass is 10.1. The Balaban J connectivity index is 0.000000236. The number of carbonyl (C=O) groups is 2. The number of ether oxygens (including phenoxy) is 6. The molecule has 0 aliphatic carbocycles. The van der Waals surface area contributed by atoms with Gasteiger partial charge in [-0.2, -0.15) is 0 Å². The average Bonchev–Trinajstić information content (AvgIpc) is 3.61. The fraction of sp³-hybridized carbons (Fsp3) is 0.185. The highest BCUT2D eigenvalue weighted by atomic mass is 79.9. The van der Waals surface area contributed by atoms with Crippen molar-refractivity contribution in [2.75, 3.05) is 72.0 Å². The molecule has 0 atom stereocenters. The monoisotopic (exact) mass is 1250 g/mol. The normalized spacial score (nSPS) is 11.3. The third-order valence-corrected chi connectivity index (χ3v) is 17.6. The number of anilines is 4. The van der Waals surface area contributed by atoms with Crippen LogP contribution in [0.3, 0.4) is 0 Å². The molecular formula is C54H55BrN6O16S4. The summed E-state index contributed by atoms with van der Waals surface area (Å²) in [7, 11) is -10.3. The first kappa shape index (κ1) is 62.0. The van der Waals surface area contributed by atoms with E-state index in [0.717, 1.165) is 4.31 Å². The number of esters is 2. The number of pyridine rings is 2. The maximum atomic E-state index is 13.8. The minimum atomic E-state index is -4.30. The number of benzene rings is 6. The first-order chi connectivity index (χ1) is 38.6. The number of hydrogen-bond acceptors (Lipinski definition) is 18. The van der Waals surface area contributed by atoms with Crippen molar-refractivity contribution in [3.05, 3.63) is 158 Å². The number of aromatic nitrogens is 2. The molecular weight excluding hydrogens is 1200 g/mol. The van der Waals surface area contributed by atoms with Crippen molar-refractivity contribution in [1.29, 1.82) is 0 Å². The number of sulfonamides is 4. The van der Waals surface area contributed by atoms with Crippen LogP contribution in [0.2, 0.25) is 0 Å². The molecule has 2 heterocycles. The topological polar surface area (TPSA) is 291 Å². The Hall–Kier alpha value is -8.24. The number of nitrogens with one attached hydrogen (secondary N) is 3. The second kappa shape index (κ2) is 27.8. The lowest BCUT2D eigenvalue weighted by molar-refractivity contribution is -0.141. The number of rotatable bonds is 21. The van der Waals surface area contributed by atoms with Gasteiger partial charge in [-0.3, -0.25) is 28.1 Å². The van der Waals surface area contributed by atoms with E-state index in [1.807, 2.05) is 0 Å². The third kappa shape index (κ3) is 15.8. The minimum Gasteiger partial charge on any atom is -0.497 e. The van der Waals surface area contributed by atoms with Gasteiger partial charge in [0.25, 0.3) is 40.1 Å². The third-order valence-electron chi connectivity index (χ3n) is 11.3. The van der Waals surface area contributed by atoms with Crippen molar-refractivity contribution >= 4 is 113 Å². The second-order valence-corrected chi connectivity index (χ2v) is 23.8. The van der Waals surface area contributed by atoms with Gasteiger partial charge in [0.15, 0.2) is 0 Å². The zero-order chi connectivity index (χ0) is 59.0. The molecule has 0 saturated carbocycles. The van der Waals surface area contributed by atoms with Crippen molar-refractivity contribution in [2.45, 2.75) is 33.4 Å². The number of alkyl halides is 1. The van der Waals surface area contributed by atoms with E-state index in [2.05, 4.69) is 44.8 Å². The first-order valence-electron chi connectivity index (χ1n) is 23.9. The molecule has 0 spiro atoms. The molecule has 0 saturated heterocycles. The maximum Gasteiger partial charge on any atom is 0.326 e. The molecule has 81 heavy (non-hydrogen) atoms. The average molecular weight is 1250 g/mol. The van der Waals surface area contributed by atoms with Crippen LogP contribution in [0, 0.1) is 0 Å². The van der Waals surface area contributed by atoms with Gasteiger partial charge < -0.3 is 28.4 Å². The summed E-state index contributed by atoms with van der Waals surface area (Å²) in [5.74, 6) is 1.07. The number of halogens is 1. The van der Waals surface area contributed by atoms with Crippen molar-refractivity contribution in [2.24, 2.45) is 0 Å². The molecule has 0 radical (unpaired) electrons. The quantitative estimate of drug-likeness (QED) is 0.0448. The molecule has 0 aliphatic heterocycles. The molecule has 0 fully saturated rings. The molecule has 8 rings (SSSR count). The standard InChI is InChI=1S/C27H27N3O8S2.C23H21N3O6S2.C4H7BrO2/c1-4-38-26(31)18-30(40(34,35)22-15-11-20(37-3)12-16-22)25-17-28-27(24-8-6-5-7-23(24)25)29-39(32,33)21-13-9-19(36-2)10-14-21;1-31-16-7-11-18(12-8-16)33(27,28)25-22-15-24-23(21-6-4-3-5-20(21)22)26-34(29,30)19-13-9-17(32-2)10-14-19;1-2-7-4(6)3-5/h5-17H,4,18H2,1-3H3,(H,28,29);3-15,25H,1-2H3,(H,24,26);2-3H2,1H3. The Labute approximate surface area is 477 Å². The van der Waals surface area contributed by atoms with Crippen LogP contribution in [0.1, 0.15) is 13.8 Å². The number of hydrogen-bond donors (Lipinski definition) is 3. The molecule has 2 aromatic heterocycles. The van der Waals surface area contributed by atoms with Gasteiger partial charge in [0.1, 0.15) is 46.5 Å². The van der Waals surface area contributed by atoms with Crippen LogP contribution in [0.5, 0.6) is 23.0 Å². The van der Waals surface area contributed by atoms with E-state index in [0.29, 0.717) is 56.5 Å². The Kier molecular flexibility index (Phi) is 21.2. The Morgan fingerprint density at radius 2 is 0.802 bits per heavy atom. The Morgan fingerprint density at radius 3 is 1.19 bits per heavy atom.